The van der Waals surface area contributed by atoms with Gasteiger partial charge in [0.1, 0.15) is 0 Å². The van der Waals surface area contributed by atoms with Crippen molar-refractivity contribution in [2.24, 2.45) is 11.1 Å². The summed E-state index contributed by atoms with van der Waals surface area (Å²) in [5, 5.41) is 0. The molecule has 1 unspecified atom stereocenters. The van der Waals surface area contributed by atoms with E-state index in [0.717, 1.165) is 0 Å². The van der Waals surface area contributed by atoms with Crippen LogP contribution in [-0.4, -0.2) is 19.3 Å². The molecular formula is C11H23NO. The van der Waals surface area contributed by atoms with Crippen LogP contribution in [-0.2, 0) is 4.74 Å². The number of hydrogen-bond acceptors (Lipinski definition) is 2. The summed E-state index contributed by atoms with van der Waals surface area (Å²) in [5.74, 6) is 0. The Morgan fingerprint density at radius 3 is 2.23 bits per heavy atom. The Hall–Kier alpha value is -0.0800. The van der Waals surface area contributed by atoms with Crippen molar-refractivity contribution < 1.29 is 4.74 Å². The van der Waals surface area contributed by atoms with E-state index in [1.807, 2.05) is 0 Å². The summed E-state index contributed by atoms with van der Waals surface area (Å²) in [4.78, 5) is 0. The van der Waals surface area contributed by atoms with Crippen molar-refractivity contribution in [2.75, 3.05) is 13.7 Å². The van der Waals surface area contributed by atoms with Crippen LogP contribution in [0, 0.1) is 5.41 Å². The molecule has 0 amide bonds. The highest BCUT2D eigenvalue weighted by molar-refractivity contribution is 4.96. The molecule has 0 bridgehead atoms. The molecule has 0 aromatic rings. The normalized spacial score (nSPS) is 26.8. The molecule has 1 atom stereocenters. The standard InChI is InChI=1S/C11H23NO/c1-10(7-5-4-6-8-10)11(2,9-12)13-3/h4-9,12H2,1-3H3. The first-order valence-electron chi connectivity index (χ1n) is 5.33. The fourth-order valence-electron chi connectivity index (χ4n) is 2.44. The van der Waals surface area contributed by atoms with Crippen LogP contribution in [0.4, 0.5) is 0 Å². The monoisotopic (exact) mass is 185 g/mol. The average molecular weight is 185 g/mol. The zero-order chi connectivity index (χ0) is 9.95. The van der Waals surface area contributed by atoms with Gasteiger partial charge in [-0.2, -0.15) is 0 Å². The Morgan fingerprint density at radius 1 is 1.31 bits per heavy atom. The van der Waals surface area contributed by atoms with Crippen molar-refractivity contribution in [1.82, 2.24) is 0 Å². The Morgan fingerprint density at radius 2 is 1.85 bits per heavy atom. The van der Waals surface area contributed by atoms with Crippen molar-refractivity contribution in [3.63, 3.8) is 0 Å². The lowest BCUT2D eigenvalue weighted by Crippen LogP contribution is -2.51. The van der Waals surface area contributed by atoms with Gasteiger partial charge < -0.3 is 10.5 Å². The third-order valence-electron chi connectivity index (χ3n) is 4.07. The third-order valence-corrected chi connectivity index (χ3v) is 4.07. The van der Waals surface area contributed by atoms with Gasteiger partial charge in [0.2, 0.25) is 0 Å². The van der Waals surface area contributed by atoms with Crippen molar-refractivity contribution in [3.8, 4) is 0 Å². The minimum Gasteiger partial charge on any atom is -0.377 e. The lowest BCUT2D eigenvalue weighted by molar-refractivity contribution is -0.102. The quantitative estimate of drug-likeness (QED) is 0.732. The number of nitrogens with two attached hydrogens (primary N) is 1. The summed E-state index contributed by atoms with van der Waals surface area (Å²) in [6.45, 7) is 5.10. The van der Waals surface area contributed by atoms with Gasteiger partial charge in [0.05, 0.1) is 5.60 Å². The summed E-state index contributed by atoms with van der Waals surface area (Å²) < 4.78 is 5.60. The van der Waals surface area contributed by atoms with E-state index in [1.165, 1.54) is 32.1 Å². The molecule has 0 heterocycles. The van der Waals surface area contributed by atoms with E-state index in [4.69, 9.17) is 10.5 Å². The predicted molar refractivity (Wildman–Crippen MR) is 55.7 cm³/mol. The van der Waals surface area contributed by atoms with Crippen LogP contribution < -0.4 is 5.73 Å². The van der Waals surface area contributed by atoms with Gasteiger partial charge in [-0.25, -0.2) is 0 Å². The van der Waals surface area contributed by atoms with Crippen molar-refractivity contribution in [3.05, 3.63) is 0 Å². The molecule has 1 rings (SSSR count). The molecule has 1 aliphatic rings. The maximum absolute atomic E-state index is 5.81. The SMILES string of the molecule is COC(C)(CN)C1(C)CCCCC1. The molecule has 0 radical (unpaired) electrons. The summed E-state index contributed by atoms with van der Waals surface area (Å²) in [7, 11) is 1.78. The Kier molecular flexibility index (Phi) is 3.36. The molecule has 0 saturated heterocycles. The molecule has 1 fully saturated rings. The van der Waals surface area contributed by atoms with Crippen LogP contribution in [0.15, 0.2) is 0 Å². The third kappa shape index (κ3) is 1.89. The van der Waals surface area contributed by atoms with E-state index in [2.05, 4.69) is 13.8 Å². The molecule has 0 spiro atoms. The van der Waals surface area contributed by atoms with Gasteiger partial charge in [0.15, 0.2) is 0 Å². The zero-order valence-electron chi connectivity index (χ0n) is 9.23. The average Bonchev–Trinajstić information content (AvgIpc) is 2.17. The first-order chi connectivity index (χ1) is 6.08. The molecule has 2 nitrogen and oxygen atoms in total. The number of hydrogen-bond donors (Lipinski definition) is 1. The summed E-state index contributed by atoms with van der Waals surface area (Å²) in [5.41, 5.74) is 5.96. The molecule has 78 valence electrons. The minimum absolute atomic E-state index is 0.132. The van der Waals surface area contributed by atoms with Gasteiger partial charge in [-0.15, -0.1) is 0 Å². The zero-order valence-corrected chi connectivity index (χ0v) is 9.23. The van der Waals surface area contributed by atoms with Crippen LogP contribution in [0.3, 0.4) is 0 Å². The lowest BCUT2D eigenvalue weighted by atomic mass is 9.65. The largest absolute Gasteiger partial charge is 0.377 e. The van der Waals surface area contributed by atoms with Gasteiger partial charge in [-0.3, -0.25) is 0 Å². The maximum atomic E-state index is 5.81. The predicted octanol–water partition coefficient (Wildman–Crippen LogP) is 2.32. The van der Waals surface area contributed by atoms with Crippen molar-refractivity contribution in [2.45, 2.75) is 51.6 Å². The van der Waals surface area contributed by atoms with Crippen molar-refractivity contribution >= 4 is 0 Å². The summed E-state index contributed by atoms with van der Waals surface area (Å²) in [6, 6.07) is 0. The second-order valence-electron chi connectivity index (χ2n) is 4.76. The van der Waals surface area contributed by atoms with Gasteiger partial charge in [-0.1, -0.05) is 26.2 Å². The Balaban J connectivity index is 2.74. The van der Waals surface area contributed by atoms with E-state index in [0.29, 0.717) is 6.54 Å². The van der Waals surface area contributed by atoms with Gasteiger partial charge >= 0.3 is 0 Å². The second-order valence-corrected chi connectivity index (χ2v) is 4.76. The smallest absolute Gasteiger partial charge is 0.0825 e. The van der Waals surface area contributed by atoms with Crippen LogP contribution in [0.1, 0.15) is 46.0 Å². The summed E-state index contributed by atoms with van der Waals surface area (Å²) >= 11 is 0. The van der Waals surface area contributed by atoms with E-state index >= 15 is 0 Å². The molecule has 1 aliphatic carbocycles. The van der Waals surface area contributed by atoms with Crippen LogP contribution in [0.2, 0.25) is 0 Å². The van der Waals surface area contributed by atoms with Gasteiger partial charge in [-0.05, 0) is 25.2 Å². The molecule has 2 heteroatoms. The molecule has 0 aliphatic heterocycles. The van der Waals surface area contributed by atoms with Crippen LogP contribution >= 0.6 is 0 Å². The Bertz CT molecular complexity index is 157. The first kappa shape index (κ1) is 11.0. The fourth-order valence-corrected chi connectivity index (χ4v) is 2.44. The first-order valence-corrected chi connectivity index (χ1v) is 5.33. The molecule has 2 N–H and O–H groups in total. The highest BCUT2D eigenvalue weighted by Crippen LogP contribution is 2.45. The van der Waals surface area contributed by atoms with E-state index < -0.39 is 0 Å². The molecule has 1 saturated carbocycles. The highest BCUT2D eigenvalue weighted by Gasteiger charge is 2.44. The number of methoxy groups -OCH3 is 1. The summed E-state index contributed by atoms with van der Waals surface area (Å²) in [6.07, 6.45) is 6.55. The van der Waals surface area contributed by atoms with E-state index in [9.17, 15) is 0 Å². The van der Waals surface area contributed by atoms with Gasteiger partial charge in [0, 0.05) is 13.7 Å². The van der Waals surface area contributed by atoms with Crippen LogP contribution in [0.25, 0.3) is 0 Å². The Labute approximate surface area is 81.8 Å². The molecule has 13 heavy (non-hydrogen) atoms. The number of rotatable bonds is 3. The van der Waals surface area contributed by atoms with E-state index in [1.54, 1.807) is 7.11 Å². The maximum Gasteiger partial charge on any atom is 0.0825 e. The van der Waals surface area contributed by atoms with Crippen molar-refractivity contribution in [1.29, 1.82) is 0 Å². The van der Waals surface area contributed by atoms with Gasteiger partial charge in [0.25, 0.3) is 0 Å². The molecule has 0 aromatic heterocycles. The van der Waals surface area contributed by atoms with E-state index in [-0.39, 0.29) is 11.0 Å². The number of ether oxygens (including phenoxy) is 1. The topological polar surface area (TPSA) is 35.2 Å². The lowest BCUT2D eigenvalue weighted by Gasteiger charge is -2.47. The van der Waals surface area contributed by atoms with Crippen LogP contribution in [0.5, 0.6) is 0 Å². The minimum atomic E-state index is -0.132. The highest BCUT2D eigenvalue weighted by atomic mass is 16.5. The molecular weight excluding hydrogens is 162 g/mol. The second kappa shape index (κ2) is 3.97. The molecule has 0 aromatic carbocycles. The fraction of sp³-hybridized carbons (Fsp3) is 1.00.